The zero-order chi connectivity index (χ0) is 29.2. The standard InChI is InChI=1S/C29H40O9/c1-15(12-11-13-16(2)24-17(3)23(32)18(4)26(35-10)38-24)14-22-19(5)28(8,33)27(37-21(7)31)29(9,34)25(22)36-20(6)30/h11-14,19,22,25,27,33-34H,1-10H3/b12-11+,15-14+,16-13+/t19-,22+,25-,27+,28+,29-/m0/s1. The van der Waals surface area contributed by atoms with Crippen LogP contribution in [0.5, 0.6) is 5.95 Å². The molecule has 9 heteroatoms. The van der Waals surface area contributed by atoms with E-state index in [0.717, 1.165) is 5.57 Å². The molecule has 0 saturated heterocycles. The zero-order valence-electron chi connectivity index (χ0n) is 23.9. The van der Waals surface area contributed by atoms with Crippen LogP contribution in [0.3, 0.4) is 0 Å². The third kappa shape index (κ3) is 6.27. The molecule has 2 rings (SSSR count). The summed E-state index contributed by atoms with van der Waals surface area (Å²) in [4.78, 5) is 36.2. The number of ether oxygens (including phenoxy) is 3. The first kappa shape index (κ1) is 31.1. The van der Waals surface area contributed by atoms with Crippen molar-refractivity contribution in [3.63, 3.8) is 0 Å². The van der Waals surface area contributed by atoms with Gasteiger partial charge < -0.3 is 28.8 Å². The summed E-state index contributed by atoms with van der Waals surface area (Å²) < 4.78 is 21.8. The SMILES string of the molecule is COc1oc(/C(C)=C/C=C/C(C)=C/[C@@H]2[C@H](C)[C@@](C)(O)[C@@H](OC(C)=O)[C@@](C)(O)[C@H]2OC(C)=O)c(C)c(=O)c1C. The van der Waals surface area contributed by atoms with Crippen LogP contribution in [0, 0.1) is 25.7 Å². The van der Waals surface area contributed by atoms with Crippen molar-refractivity contribution in [3.05, 3.63) is 57.0 Å². The van der Waals surface area contributed by atoms with Crippen molar-refractivity contribution < 1.29 is 38.4 Å². The van der Waals surface area contributed by atoms with Crippen LogP contribution in [0.2, 0.25) is 0 Å². The Hall–Kier alpha value is -3.17. The first-order valence-corrected chi connectivity index (χ1v) is 12.5. The molecule has 1 fully saturated rings. The van der Waals surface area contributed by atoms with Crippen LogP contribution in [0.25, 0.3) is 5.57 Å². The molecule has 6 atom stereocenters. The Labute approximate surface area is 223 Å². The molecule has 9 nitrogen and oxygen atoms in total. The molecule has 1 aliphatic carbocycles. The highest BCUT2D eigenvalue weighted by Crippen LogP contribution is 2.47. The maximum absolute atomic E-state index is 12.5. The van der Waals surface area contributed by atoms with Crippen LogP contribution >= 0.6 is 0 Å². The number of hydrogen-bond donors (Lipinski definition) is 2. The molecule has 0 aromatic carbocycles. The molecule has 2 N–H and O–H groups in total. The Bertz CT molecular complexity index is 1210. The lowest BCUT2D eigenvalue weighted by atomic mass is 9.61. The lowest BCUT2D eigenvalue weighted by molar-refractivity contribution is -0.269. The predicted molar refractivity (Wildman–Crippen MR) is 143 cm³/mol. The highest BCUT2D eigenvalue weighted by Gasteiger charge is 2.63. The van der Waals surface area contributed by atoms with Gasteiger partial charge in [0.15, 0.2) is 11.5 Å². The Morgan fingerprint density at radius 3 is 2.08 bits per heavy atom. The highest BCUT2D eigenvalue weighted by atomic mass is 16.6. The van der Waals surface area contributed by atoms with Crippen molar-refractivity contribution in [1.82, 2.24) is 0 Å². The van der Waals surface area contributed by atoms with E-state index >= 15 is 0 Å². The summed E-state index contributed by atoms with van der Waals surface area (Å²) in [6.07, 6.45) is 4.78. The number of rotatable bonds is 7. The molecule has 1 heterocycles. The van der Waals surface area contributed by atoms with Crippen molar-refractivity contribution in [2.24, 2.45) is 11.8 Å². The van der Waals surface area contributed by atoms with Gasteiger partial charge >= 0.3 is 11.9 Å². The van der Waals surface area contributed by atoms with E-state index < -0.39 is 47.2 Å². The number of aliphatic hydroxyl groups is 2. The minimum atomic E-state index is -1.87. The van der Waals surface area contributed by atoms with Gasteiger partial charge in [-0.2, -0.15) is 0 Å². The van der Waals surface area contributed by atoms with E-state index in [0.29, 0.717) is 22.5 Å². The third-order valence-corrected chi connectivity index (χ3v) is 7.29. The molecule has 1 saturated carbocycles. The predicted octanol–water partition coefficient (Wildman–Crippen LogP) is 3.80. The summed E-state index contributed by atoms with van der Waals surface area (Å²) in [6, 6.07) is 0. The van der Waals surface area contributed by atoms with Crippen LogP contribution in [-0.4, -0.2) is 52.7 Å². The van der Waals surface area contributed by atoms with E-state index in [9.17, 15) is 24.6 Å². The maximum atomic E-state index is 12.5. The fourth-order valence-corrected chi connectivity index (χ4v) is 5.11. The van der Waals surface area contributed by atoms with Gasteiger partial charge in [0.05, 0.1) is 12.7 Å². The van der Waals surface area contributed by atoms with Gasteiger partial charge in [-0.3, -0.25) is 14.4 Å². The molecule has 1 aliphatic rings. The number of carbonyl (C=O) groups is 2. The summed E-state index contributed by atoms with van der Waals surface area (Å²) in [5.41, 5.74) is -1.28. The van der Waals surface area contributed by atoms with E-state index in [1.54, 1.807) is 32.9 Å². The van der Waals surface area contributed by atoms with E-state index in [-0.39, 0.29) is 11.4 Å². The normalized spacial score (nSPS) is 30.3. The van der Waals surface area contributed by atoms with Gasteiger partial charge in [-0.25, -0.2) is 0 Å². The van der Waals surface area contributed by atoms with Crippen molar-refractivity contribution in [3.8, 4) is 5.95 Å². The summed E-state index contributed by atoms with van der Waals surface area (Å²) in [5, 5.41) is 22.7. The summed E-state index contributed by atoms with van der Waals surface area (Å²) in [5.74, 6) is -1.86. The van der Waals surface area contributed by atoms with E-state index in [1.165, 1.54) is 34.8 Å². The van der Waals surface area contributed by atoms with Crippen molar-refractivity contribution in [2.75, 3.05) is 7.11 Å². The monoisotopic (exact) mass is 532 g/mol. The average Bonchev–Trinajstić information content (AvgIpc) is 2.81. The minimum Gasteiger partial charge on any atom is -0.468 e. The molecular formula is C29H40O9. The van der Waals surface area contributed by atoms with Gasteiger partial charge in [-0.1, -0.05) is 36.8 Å². The number of methoxy groups -OCH3 is 1. The van der Waals surface area contributed by atoms with Crippen LogP contribution in [0.1, 0.15) is 65.4 Å². The van der Waals surface area contributed by atoms with Crippen LogP contribution < -0.4 is 10.2 Å². The smallest absolute Gasteiger partial charge is 0.303 e. The number of esters is 2. The molecule has 1 aromatic heterocycles. The summed E-state index contributed by atoms with van der Waals surface area (Å²) in [7, 11) is 1.44. The molecule has 38 heavy (non-hydrogen) atoms. The van der Waals surface area contributed by atoms with Gasteiger partial charge in [0.1, 0.15) is 23.1 Å². The fraction of sp³-hybridized carbons (Fsp3) is 0.552. The second kappa shape index (κ2) is 11.7. The van der Waals surface area contributed by atoms with Crippen molar-refractivity contribution in [2.45, 2.75) is 85.7 Å². The van der Waals surface area contributed by atoms with E-state index in [4.69, 9.17) is 18.6 Å². The Kier molecular flexibility index (Phi) is 9.56. The van der Waals surface area contributed by atoms with Crippen molar-refractivity contribution in [1.29, 1.82) is 0 Å². The van der Waals surface area contributed by atoms with Crippen molar-refractivity contribution >= 4 is 17.5 Å². The maximum Gasteiger partial charge on any atom is 0.303 e. The van der Waals surface area contributed by atoms with Gasteiger partial charge in [-0.05, 0) is 53.0 Å². The van der Waals surface area contributed by atoms with E-state index in [1.807, 2.05) is 26.0 Å². The Morgan fingerprint density at radius 1 is 0.974 bits per heavy atom. The van der Waals surface area contributed by atoms with Crippen LogP contribution in [-0.2, 0) is 19.1 Å². The van der Waals surface area contributed by atoms with Gasteiger partial charge in [0.25, 0.3) is 5.95 Å². The highest BCUT2D eigenvalue weighted by molar-refractivity contribution is 5.67. The topological polar surface area (TPSA) is 132 Å². The van der Waals surface area contributed by atoms with E-state index in [2.05, 4.69) is 0 Å². The number of carbonyl (C=O) groups excluding carboxylic acids is 2. The zero-order valence-corrected chi connectivity index (χ0v) is 23.9. The molecular weight excluding hydrogens is 492 g/mol. The molecule has 0 aliphatic heterocycles. The largest absolute Gasteiger partial charge is 0.468 e. The molecule has 0 amide bonds. The first-order chi connectivity index (χ1) is 17.5. The second-order valence-corrected chi connectivity index (χ2v) is 10.5. The molecule has 0 spiro atoms. The van der Waals surface area contributed by atoms with Crippen LogP contribution in [0.4, 0.5) is 0 Å². The van der Waals surface area contributed by atoms with Gasteiger partial charge in [0, 0.05) is 25.3 Å². The molecule has 0 unspecified atom stereocenters. The molecule has 0 radical (unpaired) electrons. The summed E-state index contributed by atoms with van der Waals surface area (Å²) >= 11 is 0. The third-order valence-electron chi connectivity index (χ3n) is 7.29. The quantitative estimate of drug-likeness (QED) is 0.397. The fourth-order valence-electron chi connectivity index (χ4n) is 5.11. The first-order valence-electron chi connectivity index (χ1n) is 12.5. The van der Waals surface area contributed by atoms with Gasteiger partial charge in [-0.15, -0.1) is 0 Å². The minimum absolute atomic E-state index is 0.148. The Balaban J connectivity index is 2.45. The van der Waals surface area contributed by atoms with Gasteiger partial charge in [0.2, 0.25) is 0 Å². The number of hydrogen-bond acceptors (Lipinski definition) is 9. The Morgan fingerprint density at radius 2 is 1.55 bits per heavy atom. The molecule has 1 aromatic rings. The second-order valence-electron chi connectivity index (χ2n) is 10.5. The average molecular weight is 533 g/mol. The summed E-state index contributed by atoms with van der Waals surface area (Å²) in [6.45, 7) is 14.0. The van der Waals surface area contributed by atoms with Crippen LogP contribution in [0.15, 0.2) is 39.1 Å². The lowest BCUT2D eigenvalue weighted by Crippen LogP contribution is -2.71. The lowest BCUT2D eigenvalue weighted by Gasteiger charge is -2.55. The molecule has 0 bridgehead atoms. The molecule has 210 valence electrons. The number of allylic oxidation sites excluding steroid dienone is 5.